The number of hydrogen-bond donors (Lipinski definition) is 1. The molecule has 6 heteroatoms. The summed E-state index contributed by atoms with van der Waals surface area (Å²) >= 11 is 1.63. The van der Waals surface area contributed by atoms with Crippen molar-refractivity contribution in [1.82, 2.24) is 20.0 Å². The number of hydrogen-bond acceptors (Lipinski definition) is 6. The van der Waals surface area contributed by atoms with Crippen molar-refractivity contribution in [1.29, 1.82) is 0 Å². The predicted octanol–water partition coefficient (Wildman–Crippen LogP) is 0.258. The zero-order chi connectivity index (χ0) is 11.0. The molecule has 16 heavy (non-hydrogen) atoms. The summed E-state index contributed by atoms with van der Waals surface area (Å²) in [6, 6.07) is 0.645. The van der Waals surface area contributed by atoms with Crippen LogP contribution in [0.1, 0.15) is 5.01 Å². The first kappa shape index (κ1) is 10.4. The molecule has 0 amide bonds. The summed E-state index contributed by atoms with van der Waals surface area (Å²) in [5.74, 6) is 0. The summed E-state index contributed by atoms with van der Waals surface area (Å²) in [6.07, 6.45) is 0. The Bertz CT molecular complexity index is 358. The molecule has 0 spiro atoms. The lowest BCUT2D eigenvalue weighted by molar-refractivity contribution is 0.0189. The van der Waals surface area contributed by atoms with Crippen LogP contribution in [-0.2, 0) is 0 Å². The summed E-state index contributed by atoms with van der Waals surface area (Å²) in [5.41, 5.74) is 0. The molecule has 1 aromatic rings. The van der Waals surface area contributed by atoms with Crippen LogP contribution in [0, 0.1) is 6.92 Å². The standard InChI is InChI=1S/C10H17N5S/c1-8-12-13-10(16-8)11-6-9-7-14-2-4-15(9)5-3-14/h9H,2-7H2,1H3,(H,11,13). The van der Waals surface area contributed by atoms with Gasteiger partial charge in [-0.3, -0.25) is 9.80 Å². The van der Waals surface area contributed by atoms with Gasteiger partial charge in [-0.15, -0.1) is 10.2 Å². The Labute approximate surface area is 99.5 Å². The second-order valence-electron chi connectivity index (χ2n) is 4.50. The number of fused-ring (bicyclic) bond motifs is 3. The Hall–Kier alpha value is -0.720. The van der Waals surface area contributed by atoms with Gasteiger partial charge in [0, 0.05) is 45.3 Å². The zero-order valence-corrected chi connectivity index (χ0v) is 10.3. The fraction of sp³-hybridized carbons (Fsp3) is 0.800. The van der Waals surface area contributed by atoms with E-state index >= 15 is 0 Å². The van der Waals surface area contributed by atoms with Crippen LogP contribution in [0.2, 0.25) is 0 Å². The summed E-state index contributed by atoms with van der Waals surface area (Å²) < 4.78 is 0. The molecule has 1 aromatic heterocycles. The quantitative estimate of drug-likeness (QED) is 0.819. The van der Waals surface area contributed by atoms with Gasteiger partial charge in [0.1, 0.15) is 5.01 Å². The summed E-state index contributed by atoms with van der Waals surface area (Å²) in [5, 5.41) is 13.5. The third-order valence-electron chi connectivity index (χ3n) is 3.41. The Balaban J connectivity index is 1.55. The number of rotatable bonds is 3. The molecule has 3 aliphatic heterocycles. The number of aryl methyl sites for hydroxylation is 1. The van der Waals surface area contributed by atoms with Crippen LogP contribution in [0.25, 0.3) is 0 Å². The average Bonchev–Trinajstić information content (AvgIpc) is 2.74. The van der Waals surface area contributed by atoms with Crippen molar-refractivity contribution < 1.29 is 0 Å². The van der Waals surface area contributed by atoms with Gasteiger partial charge in [0.15, 0.2) is 0 Å². The molecule has 3 saturated heterocycles. The normalized spacial score (nSPS) is 32.9. The molecule has 0 radical (unpaired) electrons. The van der Waals surface area contributed by atoms with Crippen molar-refractivity contribution in [2.75, 3.05) is 44.6 Å². The van der Waals surface area contributed by atoms with Gasteiger partial charge in [-0.25, -0.2) is 0 Å². The van der Waals surface area contributed by atoms with Crippen LogP contribution in [0.3, 0.4) is 0 Å². The predicted molar refractivity (Wildman–Crippen MR) is 64.9 cm³/mol. The van der Waals surface area contributed by atoms with E-state index in [0.717, 1.165) is 16.7 Å². The van der Waals surface area contributed by atoms with Crippen molar-refractivity contribution >= 4 is 16.5 Å². The largest absolute Gasteiger partial charge is 0.358 e. The Kier molecular flexibility index (Phi) is 2.79. The molecule has 2 bridgehead atoms. The van der Waals surface area contributed by atoms with Crippen LogP contribution in [0.4, 0.5) is 5.13 Å². The molecule has 3 aliphatic rings. The minimum absolute atomic E-state index is 0.645. The van der Waals surface area contributed by atoms with Crippen LogP contribution < -0.4 is 5.32 Å². The monoisotopic (exact) mass is 239 g/mol. The van der Waals surface area contributed by atoms with E-state index < -0.39 is 0 Å². The Morgan fingerprint density at radius 2 is 2.12 bits per heavy atom. The van der Waals surface area contributed by atoms with E-state index in [0.29, 0.717) is 6.04 Å². The fourth-order valence-corrected chi connectivity index (χ4v) is 3.09. The van der Waals surface area contributed by atoms with Gasteiger partial charge in [0.25, 0.3) is 0 Å². The number of piperazine rings is 3. The number of nitrogens with one attached hydrogen (secondary N) is 1. The maximum absolute atomic E-state index is 4.09. The summed E-state index contributed by atoms with van der Waals surface area (Å²) in [7, 11) is 0. The van der Waals surface area contributed by atoms with Crippen molar-refractivity contribution in [2.24, 2.45) is 0 Å². The minimum atomic E-state index is 0.645. The molecule has 3 fully saturated rings. The van der Waals surface area contributed by atoms with Crippen molar-refractivity contribution in [3.63, 3.8) is 0 Å². The van der Waals surface area contributed by atoms with Gasteiger partial charge in [-0.1, -0.05) is 11.3 Å². The summed E-state index contributed by atoms with van der Waals surface area (Å²) in [6.45, 7) is 9.11. The molecule has 0 aromatic carbocycles. The topological polar surface area (TPSA) is 44.3 Å². The first-order chi connectivity index (χ1) is 7.81. The van der Waals surface area contributed by atoms with Crippen LogP contribution in [0.5, 0.6) is 0 Å². The van der Waals surface area contributed by atoms with Gasteiger partial charge in [-0.05, 0) is 6.92 Å². The van der Waals surface area contributed by atoms with E-state index in [-0.39, 0.29) is 0 Å². The molecule has 0 aliphatic carbocycles. The zero-order valence-electron chi connectivity index (χ0n) is 9.52. The second kappa shape index (κ2) is 4.27. The maximum Gasteiger partial charge on any atom is 0.205 e. The molecule has 0 saturated carbocycles. The third kappa shape index (κ3) is 2.05. The van der Waals surface area contributed by atoms with E-state index in [1.54, 1.807) is 11.3 Å². The van der Waals surface area contributed by atoms with E-state index in [1.165, 1.54) is 32.7 Å². The lowest BCUT2D eigenvalue weighted by atomic mass is 10.1. The lowest BCUT2D eigenvalue weighted by Crippen LogP contribution is -2.62. The number of anilines is 1. The minimum Gasteiger partial charge on any atom is -0.358 e. The van der Waals surface area contributed by atoms with Crippen LogP contribution in [0.15, 0.2) is 0 Å². The van der Waals surface area contributed by atoms with Crippen molar-refractivity contribution in [2.45, 2.75) is 13.0 Å². The lowest BCUT2D eigenvalue weighted by Gasteiger charge is -2.47. The molecule has 5 nitrogen and oxygen atoms in total. The smallest absolute Gasteiger partial charge is 0.205 e. The van der Waals surface area contributed by atoms with Crippen LogP contribution in [-0.4, -0.2) is 65.3 Å². The SMILES string of the molecule is Cc1nnc(NCC2CN3CCN2CC3)s1. The maximum atomic E-state index is 4.09. The van der Waals surface area contributed by atoms with E-state index in [4.69, 9.17) is 0 Å². The molecule has 1 atom stereocenters. The Morgan fingerprint density at radius 3 is 2.69 bits per heavy atom. The molecule has 4 rings (SSSR count). The van der Waals surface area contributed by atoms with E-state index in [2.05, 4.69) is 25.3 Å². The molecular weight excluding hydrogens is 222 g/mol. The van der Waals surface area contributed by atoms with Gasteiger partial charge in [-0.2, -0.15) is 0 Å². The highest BCUT2D eigenvalue weighted by Gasteiger charge is 2.31. The van der Waals surface area contributed by atoms with Crippen LogP contribution >= 0.6 is 11.3 Å². The van der Waals surface area contributed by atoms with Crippen molar-refractivity contribution in [3.05, 3.63) is 5.01 Å². The highest BCUT2D eigenvalue weighted by molar-refractivity contribution is 7.15. The van der Waals surface area contributed by atoms with Gasteiger partial charge in [0.2, 0.25) is 5.13 Å². The number of nitrogens with zero attached hydrogens (tertiary/aromatic N) is 4. The van der Waals surface area contributed by atoms with Gasteiger partial charge >= 0.3 is 0 Å². The molecule has 1 unspecified atom stereocenters. The summed E-state index contributed by atoms with van der Waals surface area (Å²) in [4.78, 5) is 5.14. The van der Waals surface area contributed by atoms with Gasteiger partial charge < -0.3 is 5.32 Å². The molecule has 4 heterocycles. The first-order valence-corrected chi connectivity index (χ1v) is 6.63. The molecule has 1 N–H and O–H groups in total. The fourth-order valence-electron chi connectivity index (χ4n) is 2.49. The highest BCUT2D eigenvalue weighted by atomic mass is 32.1. The second-order valence-corrected chi connectivity index (χ2v) is 5.68. The van der Waals surface area contributed by atoms with Gasteiger partial charge in [0.05, 0.1) is 0 Å². The Morgan fingerprint density at radius 1 is 1.31 bits per heavy atom. The van der Waals surface area contributed by atoms with E-state index in [9.17, 15) is 0 Å². The highest BCUT2D eigenvalue weighted by Crippen LogP contribution is 2.18. The molecule has 88 valence electrons. The average molecular weight is 239 g/mol. The molecular formula is C10H17N5S. The third-order valence-corrected chi connectivity index (χ3v) is 4.20. The van der Waals surface area contributed by atoms with Crippen molar-refractivity contribution in [3.8, 4) is 0 Å². The van der Waals surface area contributed by atoms with E-state index in [1.807, 2.05) is 6.92 Å². The first-order valence-electron chi connectivity index (χ1n) is 5.81. The number of aromatic nitrogens is 2.